The number of hydrogen-bond acceptors (Lipinski definition) is 4. The van der Waals surface area contributed by atoms with Crippen molar-refractivity contribution in [3.63, 3.8) is 0 Å². The van der Waals surface area contributed by atoms with Gasteiger partial charge in [-0.25, -0.2) is 4.98 Å². The molecular formula is C16H21N3O3. The van der Waals surface area contributed by atoms with E-state index in [1.807, 2.05) is 4.90 Å². The van der Waals surface area contributed by atoms with E-state index >= 15 is 0 Å². The van der Waals surface area contributed by atoms with Crippen molar-refractivity contribution in [3.05, 3.63) is 29.6 Å². The number of rotatable bonds is 2. The summed E-state index contributed by atoms with van der Waals surface area (Å²) in [6, 6.07) is 5.09. The number of carbonyl (C=O) groups excluding carboxylic acids is 2. The van der Waals surface area contributed by atoms with Crippen molar-refractivity contribution in [2.24, 2.45) is 0 Å². The van der Waals surface area contributed by atoms with E-state index in [1.165, 1.54) is 6.42 Å². The molecule has 0 bridgehead atoms. The molecule has 6 nitrogen and oxygen atoms in total. The zero-order valence-electron chi connectivity index (χ0n) is 12.7. The summed E-state index contributed by atoms with van der Waals surface area (Å²) in [4.78, 5) is 32.8. The predicted octanol–water partition coefficient (Wildman–Crippen LogP) is 1.18. The van der Waals surface area contributed by atoms with Crippen molar-refractivity contribution >= 4 is 11.8 Å². The Morgan fingerprint density at radius 3 is 2.00 bits per heavy atom. The summed E-state index contributed by atoms with van der Waals surface area (Å²) >= 11 is 0. The third-order valence-corrected chi connectivity index (χ3v) is 4.13. The van der Waals surface area contributed by atoms with Gasteiger partial charge in [-0.3, -0.25) is 9.59 Å². The molecule has 3 heterocycles. The highest BCUT2D eigenvalue weighted by atomic mass is 16.5. The lowest BCUT2D eigenvalue weighted by Gasteiger charge is -2.27. The van der Waals surface area contributed by atoms with Crippen LogP contribution < -0.4 is 0 Å². The minimum atomic E-state index is -0.128. The van der Waals surface area contributed by atoms with Crippen molar-refractivity contribution in [3.8, 4) is 0 Å². The Bertz CT molecular complexity index is 504. The molecule has 22 heavy (non-hydrogen) atoms. The lowest BCUT2D eigenvalue weighted by Crippen LogP contribution is -2.41. The van der Waals surface area contributed by atoms with E-state index in [0.717, 1.165) is 25.9 Å². The van der Waals surface area contributed by atoms with E-state index in [4.69, 9.17) is 4.74 Å². The summed E-state index contributed by atoms with van der Waals surface area (Å²) in [5, 5.41) is 0. The molecule has 2 saturated heterocycles. The van der Waals surface area contributed by atoms with Crippen LogP contribution in [0, 0.1) is 0 Å². The van der Waals surface area contributed by atoms with Crippen molar-refractivity contribution in [1.82, 2.24) is 14.8 Å². The predicted molar refractivity (Wildman–Crippen MR) is 80.7 cm³/mol. The lowest BCUT2D eigenvalue weighted by molar-refractivity contribution is 0.0299. The number of pyridine rings is 1. The quantitative estimate of drug-likeness (QED) is 0.823. The molecule has 6 heteroatoms. The first-order chi connectivity index (χ1) is 10.8. The molecule has 0 atom stereocenters. The van der Waals surface area contributed by atoms with Crippen LogP contribution in [0.25, 0.3) is 0 Å². The highest BCUT2D eigenvalue weighted by Gasteiger charge is 2.23. The average Bonchev–Trinajstić information content (AvgIpc) is 2.62. The number of likely N-dealkylation sites (tertiary alicyclic amines) is 1. The average molecular weight is 303 g/mol. The number of nitrogens with zero attached hydrogens (tertiary/aromatic N) is 3. The van der Waals surface area contributed by atoms with Crippen LogP contribution in [0.4, 0.5) is 0 Å². The first-order valence-corrected chi connectivity index (χ1v) is 7.89. The second kappa shape index (κ2) is 6.87. The molecule has 2 amide bonds. The molecule has 0 N–H and O–H groups in total. The summed E-state index contributed by atoms with van der Waals surface area (Å²) in [5.74, 6) is -0.201. The third kappa shape index (κ3) is 3.27. The topological polar surface area (TPSA) is 62.7 Å². The maximum absolute atomic E-state index is 12.5. The first kappa shape index (κ1) is 15.0. The van der Waals surface area contributed by atoms with Gasteiger partial charge in [0.2, 0.25) is 0 Å². The Balaban J connectivity index is 1.73. The third-order valence-electron chi connectivity index (χ3n) is 4.13. The van der Waals surface area contributed by atoms with Gasteiger partial charge in [-0.2, -0.15) is 0 Å². The van der Waals surface area contributed by atoms with E-state index in [9.17, 15) is 9.59 Å². The van der Waals surface area contributed by atoms with Gasteiger partial charge in [-0.15, -0.1) is 0 Å². The van der Waals surface area contributed by atoms with E-state index in [2.05, 4.69) is 4.98 Å². The number of ether oxygens (including phenoxy) is 1. The van der Waals surface area contributed by atoms with E-state index in [0.29, 0.717) is 37.7 Å². The fraction of sp³-hybridized carbons (Fsp3) is 0.562. The molecule has 0 unspecified atom stereocenters. The van der Waals surface area contributed by atoms with Gasteiger partial charge < -0.3 is 14.5 Å². The van der Waals surface area contributed by atoms with Crippen LogP contribution in [0.2, 0.25) is 0 Å². The fourth-order valence-corrected chi connectivity index (χ4v) is 2.86. The Morgan fingerprint density at radius 2 is 1.41 bits per heavy atom. The van der Waals surface area contributed by atoms with Crippen LogP contribution in [0.15, 0.2) is 18.2 Å². The minimum absolute atomic E-state index is 0.0728. The molecule has 0 spiro atoms. The second-order valence-corrected chi connectivity index (χ2v) is 5.67. The van der Waals surface area contributed by atoms with Gasteiger partial charge in [0.15, 0.2) is 0 Å². The summed E-state index contributed by atoms with van der Waals surface area (Å²) < 4.78 is 5.25. The smallest absolute Gasteiger partial charge is 0.272 e. The van der Waals surface area contributed by atoms with E-state index < -0.39 is 0 Å². The number of piperidine rings is 1. The summed E-state index contributed by atoms with van der Waals surface area (Å²) in [5.41, 5.74) is 0.700. The van der Waals surface area contributed by atoms with Crippen LogP contribution in [0.1, 0.15) is 40.2 Å². The minimum Gasteiger partial charge on any atom is -0.378 e. The maximum atomic E-state index is 12.5. The highest BCUT2D eigenvalue weighted by Crippen LogP contribution is 2.13. The molecule has 118 valence electrons. The number of carbonyl (C=O) groups is 2. The lowest BCUT2D eigenvalue weighted by atomic mass is 10.1. The summed E-state index contributed by atoms with van der Waals surface area (Å²) in [6.07, 6.45) is 3.25. The normalized spacial score (nSPS) is 19.1. The van der Waals surface area contributed by atoms with Gasteiger partial charge in [0.25, 0.3) is 11.8 Å². The Morgan fingerprint density at radius 1 is 0.864 bits per heavy atom. The standard InChI is InChI=1S/C16H21N3O3/c20-15(18-7-2-1-3-8-18)13-5-4-6-14(17-13)16(21)19-9-11-22-12-10-19/h4-6H,1-3,7-12H2. The number of amides is 2. The molecule has 0 aliphatic carbocycles. The molecule has 2 aliphatic heterocycles. The van der Waals surface area contributed by atoms with Gasteiger partial charge in [0.1, 0.15) is 11.4 Å². The Kier molecular flexibility index (Phi) is 4.68. The van der Waals surface area contributed by atoms with Gasteiger partial charge in [0, 0.05) is 26.2 Å². The van der Waals surface area contributed by atoms with Crippen molar-refractivity contribution in [1.29, 1.82) is 0 Å². The van der Waals surface area contributed by atoms with Crippen molar-refractivity contribution < 1.29 is 14.3 Å². The van der Waals surface area contributed by atoms with Crippen LogP contribution in [0.3, 0.4) is 0 Å². The zero-order valence-corrected chi connectivity index (χ0v) is 12.7. The second-order valence-electron chi connectivity index (χ2n) is 5.67. The molecule has 1 aromatic heterocycles. The Hall–Kier alpha value is -1.95. The SMILES string of the molecule is O=C(c1cccc(C(=O)N2CCOCC2)n1)N1CCCCC1. The fourth-order valence-electron chi connectivity index (χ4n) is 2.86. The largest absolute Gasteiger partial charge is 0.378 e. The monoisotopic (exact) mass is 303 g/mol. The molecule has 2 aliphatic rings. The Labute approximate surface area is 130 Å². The molecule has 1 aromatic rings. The highest BCUT2D eigenvalue weighted by molar-refractivity contribution is 5.96. The van der Waals surface area contributed by atoms with Crippen LogP contribution >= 0.6 is 0 Å². The summed E-state index contributed by atoms with van der Waals surface area (Å²) in [7, 11) is 0. The maximum Gasteiger partial charge on any atom is 0.272 e. The molecule has 2 fully saturated rings. The number of morpholine rings is 1. The van der Waals surface area contributed by atoms with E-state index in [-0.39, 0.29) is 11.8 Å². The van der Waals surface area contributed by atoms with Gasteiger partial charge >= 0.3 is 0 Å². The summed E-state index contributed by atoms with van der Waals surface area (Å²) in [6.45, 7) is 3.82. The number of hydrogen-bond donors (Lipinski definition) is 0. The number of aromatic nitrogens is 1. The van der Waals surface area contributed by atoms with Crippen molar-refractivity contribution in [2.75, 3.05) is 39.4 Å². The van der Waals surface area contributed by atoms with Crippen molar-refractivity contribution in [2.45, 2.75) is 19.3 Å². The van der Waals surface area contributed by atoms with Gasteiger partial charge in [-0.05, 0) is 31.4 Å². The molecule has 0 radical (unpaired) electrons. The molecule has 0 aromatic carbocycles. The molecule has 3 rings (SSSR count). The van der Waals surface area contributed by atoms with Gasteiger partial charge in [0.05, 0.1) is 13.2 Å². The van der Waals surface area contributed by atoms with Crippen LogP contribution in [-0.2, 0) is 4.74 Å². The molecule has 0 saturated carbocycles. The molecular weight excluding hydrogens is 282 g/mol. The van der Waals surface area contributed by atoms with E-state index in [1.54, 1.807) is 23.1 Å². The van der Waals surface area contributed by atoms with Crippen LogP contribution in [0.5, 0.6) is 0 Å². The van der Waals surface area contributed by atoms with Crippen LogP contribution in [-0.4, -0.2) is 66.0 Å². The first-order valence-electron chi connectivity index (χ1n) is 7.89. The van der Waals surface area contributed by atoms with Gasteiger partial charge in [-0.1, -0.05) is 6.07 Å². The zero-order chi connectivity index (χ0) is 15.4.